The minimum atomic E-state index is -2.79. The highest BCUT2D eigenvalue weighted by atomic mass is 19.3. The summed E-state index contributed by atoms with van der Waals surface area (Å²) in [6.45, 7) is 9.44. The van der Waals surface area contributed by atoms with Gasteiger partial charge in [0.05, 0.1) is 42.5 Å². The van der Waals surface area contributed by atoms with E-state index in [4.69, 9.17) is 14.5 Å². The second-order valence-corrected chi connectivity index (χ2v) is 8.98. The number of rotatable bonds is 4. The van der Waals surface area contributed by atoms with Crippen LogP contribution in [0, 0.1) is 0 Å². The fourth-order valence-corrected chi connectivity index (χ4v) is 4.19. The Balaban J connectivity index is 1.69. The molecule has 1 aromatic carbocycles. The lowest BCUT2D eigenvalue weighted by atomic mass is 10.1. The zero-order valence-corrected chi connectivity index (χ0v) is 18.9. The number of morpholine rings is 2. The Morgan fingerprint density at radius 3 is 2.45 bits per heavy atom. The maximum atomic E-state index is 14.0. The van der Waals surface area contributed by atoms with E-state index in [1.807, 2.05) is 25.7 Å². The van der Waals surface area contributed by atoms with E-state index >= 15 is 0 Å². The van der Waals surface area contributed by atoms with Gasteiger partial charge in [-0.1, -0.05) is 12.1 Å². The predicted octanol–water partition coefficient (Wildman–Crippen LogP) is 2.99. The first-order chi connectivity index (χ1) is 15.8. The summed E-state index contributed by atoms with van der Waals surface area (Å²) in [5, 5.41) is 0. The van der Waals surface area contributed by atoms with Crippen molar-refractivity contribution in [2.75, 3.05) is 49.3 Å². The first-order valence-corrected chi connectivity index (χ1v) is 11.1. The van der Waals surface area contributed by atoms with E-state index in [1.165, 1.54) is 4.57 Å². The molecule has 11 heteroatoms. The van der Waals surface area contributed by atoms with E-state index < -0.39 is 17.9 Å². The number of anilines is 2. The Labute approximate surface area is 190 Å². The van der Waals surface area contributed by atoms with Crippen LogP contribution in [0.25, 0.3) is 17.0 Å². The van der Waals surface area contributed by atoms with Crippen molar-refractivity contribution in [3.05, 3.63) is 30.1 Å². The van der Waals surface area contributed by atoms with Gasteiger partial charge in [0.25, 0.3) is 6.43 Å². The molecular formula is C22H27F2N7O2. The van der Waals surface area contributed by atoms with Gasteiger partial charge < -0.3 is 19.3 Å². The van der Waals surface area contributed by atoms with Gasteiger partial charge >= 0.3 is 0 Å². The lowest BCUT2D eigenvalue weighted by Crippen LogP contribution is -2.54. The molecule has 0 saturated carbocycles. The first kappa shape index (κ1) is 21.9. The summed E-state index contributed by atoms with van der Waals surface area (Å²) in [5.74, 6) is 0.606. The normalized spacial score (nSPS) is 21.2. The van der Waals surface area contributed by atoms with Gasteiger partial charge in [0, 0.05) is 19.6 Å². The molecule has 2 fully saturated rings. The van der Waals surface area contributed by atoms with E-state index in [-0.39, 0.29) is 12.0 Å². The summed E-state index contributed by atoms with van der Waals surface area (Å²) in [6, 6.07) is 7.01. The number of fused-ring (bicyclic) bond motifs is 1. The summed E-state index contributed by atoms with van der Waals surface area (Å²) in [4.78, 5) is 22.3. The summed E-state index contributed by atoms with van der Waals surface area (Å²) >= 11 is 0. The minimum Gasteiger partial charge on any atom is -0.378 e. The Hall–Kier alpha value is -2.92. The molecule has 2 aliphatic heterocycles. The number of imidazole rings is 1. The molecule has 2 aliphatic rings. The smallest absolute Gasteiger partial charge is 0.296 e. The molecule has 3 aromatic rings. The SMILES string of the molecule is CC1COC(C)(C)CN1c1nc(N2CCOCC2)nc(-n2c(C(F)F)nc3ccccc32)n1. The number of halogens is 2. The number of aromatic nitrogens is 5. The number of hydrogen-bond donors (Lipinski definition) is 0. The molecule has 2 saturated heterocycles. The van der Waals surface area contributed by atoms with Gasteiger partial charge in [-0.2, -0.15) is 15.0 Å². The van der Waals surface area contributed by atoms with Gasteiger partial charge in [-0.3, -0.25) is 4.57 Å². The molecule has 33 heavy (non-hydrogen) atoms. The van der Waals surface area contributed by atoms with Crippen LogP contribution in [0.4, 0.5) is 20.7 Å². The van der Waals surface area contributed by atoms with Gasteiger partial charge in [0.15, 0.2) is 5.82 Å². The first-order valence-electron chi connectivity index (χ1n) is 11.1. The molecule has 0 spiro atoms. The third-order valence-corrected chi connectivity index (χ3v) is 5.93. The third-order valence-electron chi connectivity index (χ3n) is 5.93. The second kappa shape index (κ2) is 8.45. The molecule has 1 atom stereocenters. The predicted molar refractivity (Wildman–Crippen MR) is 119 cm³/mol. The molecular weight excluding hydrogens is 432 g/mol. The van der Waals surface area contributed by atoms with Crippen molar-refractivity contribution in [1.82, 2.24) is 24.5 Å². The van der Waals surface area contributed by atoms with E-state index in [1.54, 1.807) is 24.3 Å². The number of alkyl halides is 2. The average molecular weight is 460 g/mol. The van der Waals surface area contributed by atoms with Crippen LogP contribution in [0.1, 0.15) is 33.0 Å². The van der Waals surface area contributed by atoms with E-state index in [0.717, 1.165) is 0 Å². The van der Waals surface area contributed by atoms with Crippen molar-refractivity contribution in [2.24, 2.45) is 0 Å². The molecule has 176 valence electrons. The average Bonchev–Trinajstić information content (AvgIpc) is 3.21. The molecule has 0 amide bonds. The molecule has 4 heterocycles. The molecule has 5 rings (SSSR count). The molecule has 0 N–H and O–H groups in total. The van der Waals surface area contributed by atoms with Crippen LogP contribution < -0.4 is 9.80 Å². The lowest BCUT2D eigenvalue weighted by Gasteiger charge is -2.42. The van der Waals surface area contributed by atoms with Crippen molar-refractivity contribution in [3.63, 3.8) is 0 Å². The van der Waals surface area contributed by atoms with Crippen molar-refractivity contribution in [2.45, 2.75) is 38.8 Å². The van der Waals surface area contributed by atoms with Gasteiger partial charge in [-0.05, 0) is 32.9 Å². The molecule has 0 aliphatic carbocycles. The maximum Gasteiger partial charge on any atom is 0.296 e. The van der Waals surface area contributed by atoms with Crippen molar-refractivity contribution >= 4 is 22.9 Å². The van der Waals surface area contributed by atoms with Crippen LogP contribution in [-0.2, 0) is 9.47 Å². The monoisotopic (exact) mass is 459 g/mol. The van der Waals surface area contributed by atoms with E-state index in [2.05, 4.69) is 19.9 Å². The van der Waals surface area contributed by atoms with Gasteiger partial charge in [0.1, 0.15) is 0 Å². The quantitative estimate of drug-likeness (QED) is 0.589. The number of benzene rings is 1. The van der Waals surface area contributed by atoms with Crippen molar-refractivity contribution in [1.29, 1.82) is 0 Å². The highest BCUT2D eigenvalue weighted by molar-refractivity contribution is 5.77. The third kappa shape index (κ3) is 4.22. The highest BCUT2D eigenvalue weighted by Crippen LogP contribution is 2.30. The Morgan fingerprint density at radius 2 is 1.70 bits per heavy atom. The van der Waals surface area contributed by atoms with Crippen LogP contribution in [0.15, 0.2) is 24.3 Å². The van der Waals surface area contributed by atoms with Gasteiger partial charge in [0.2, 0.25) is 17.8 Å². The van der Waals surface area contributed by atoms with Gasteiger partial charge in [-0.25, -0.2) is 13.8 Å². The van der Waals surface area contributed by atoms with E-state index in [0.29, 0.717) is 62.4 Å². The highest BCUT2D eigenvalue weighted by Gasteiger charge is 2.34. The Morgan fingerprint density at radius 1 is 1.00 bits per heavy atom. The lowest BCUT2D eigenvalue weighted by molar-refractivity contribution is -0.0426. The molecule has 0 radical (unpaired) electrons. The zero-order chi connectivity index (χ0) is 23.2. The molecule has 2 aromatic heterocycles. The number of nitrogens with zero attached hydrogens (tertiary/aromatic N) is 7. The topological polar surface area (TPSA) is 81.4 Å². The van der Waals surface area contributed by atoms with Gasteiger partial charge in [-0.15, -0.1) is 0 Å². The number of hydrogen-bond acceptors (Lipinski definition) is 8. The molecule has 0 bridgehead atoms. The number of ether oxygens (including phenoxy) is 2. The summed E-state index contributed by atoms with van der Waals surface area (Å²) in [5.41, 5.74) is 0.589. The summed E-state index contributed by atoms with van der Waals surface area (Å²) < 4.78 is 40.8. The molecule has 1 unspecified atom stereocenters. The van der Waals surface area contributed by atoms with Crippen LogP contribution >= 0.6 is 0 Å². The zero-order valence-electron chi connectivity index (χ0n) is 18.9. The fourth-order valence-electron chi connectivity index (χ4n) is 4.19. The van der Waals surface area contributed by atoms with Crippen molar-refractivity contribution in [3.8, 4) is 5.95 Å². The largest absolute Gasteiger partial charge is 0.378 e. The van der Waals surface area contributed by atoms with Crippen LogP contribution in [0.3, 0.4) is 0 Å². The fraction of sp³-hybridized carbons (Fsp3) is 0.545. The van der Waals surface area contributed by atoms with Crippen LogP contribution in [0.5, 0.6) is 0 Å². The Bertz CT molecular complexity index is 1150. The summed E-state index contributed by atoms with van der Waals surface area (Å²) in [6.07, 6.45) is -2.79. The summed E-state index contributed by atoms with van der Waals surface area (Å²) in [7, 11) is 0. The minimum absolute atomic E-state index is 0.0138. The second-order valence-electron chi connectivity index (χ2n) is 8.98. The maximum absolute atomic E-state index is 14.0. The van der Waals surface area contributed by atoms with Crippen LogP contribution in [0.2, 0.25) is 0 Å². The molecule has 9 nitrogen and oxygen atoms in total. The van der Waals surface area contributed by atoms with Crippen molar-refractivity contribution < 1.29 is 18.3 Å². The number of para-hydroxylation sites is 2. The standard InChI is InChI=1S/C22H27F2N7O2/c1-14-12-33-22(2,3)13-30(14)20-26-19(29-8-10-32-11-9-29)27-21(28-20)31-16-7-5-4-6-15(16)25-18(31)17(23)24/h4-7,14,17H,8-13H2,1-3H3. The van der Waals surface area contributed by atoms with E-state index in [9.17, 15) is 8.78 Å². The Kier molecular flexibility index (Phi) is 5.61. The van der Waals surface area contributed by atoms with Crippen LogP contribution in [-0.4, -0.2) is 75.6 Å².